The Morgan fingerprint density at radius 1 is 1.19 bits per heavy atom. The predicted octanol–water partition coefficient (Wildman–Crippen LogP) is 0.167. The first-order valence-electron chi connectivity index (χ1n) is 10.6. The third kappa shape index (κ3) is 4.93. The van der Waals surface area contributed by atoms with E-state index < -0.39 is 0 Å². The van der Waals surface area contributed by atoms with Crippen molar-refractivity contribution in [2.45, 2.75) is 18.2 Å². The zero-order valence-electron chi connectivity index (χ0n) is 18.6. The number of hydrogen-bond donors (Lipinski definition) is 1. The van der Waals surface area contributed by atoms with Gasteiger partial charge in [0.1, 0.15) is 23.6 Å². The van der Waals surface area contributed by atoms with E-state index in [1.165, 1.54) is 6.20 Å². The fourth-order valence-corrected chi connectivity index (χ4v) is 3.91. The summed E-state index contributed by atoms with van der Waals surface area (Å²) in [5.41, 5.74) is 1.18. The number of nitrogens with zero attached hydrogens (tertiary/aromatic N) is 4. The maximum Gasteiger partial charge on any atom is 0.254 e. The van der Waals surface area contributed by atoms with Gasteiger partial charge >= 0.3 is 0 Å². The smallest absolute Gasteiger partial charge is 0.254 e. The predicted molar refractivity (Wildman–Crippen MR) is 116 cm³/mol. The molecule has 0 radical (unpaired) electrons. The number of carbonyl (C=O) groups excluding carboxylic acids is 2. The van der Waals surface area contributed by atoms with Crippen molar-refractivity contribution in [2.75, 3.05) is 54.1 Å². The number of rotatable bonds is 6. The van der Waals surface area contributed by atoms with Gasteiger partial charge in [-0.2, -0.15) is 5.10 Å². The third-order valence-corrected chi connectivity index (χ3v) is 5.55. The monoisotopic (exact) mass is 443 g/mol. The maximum absolute atomic E-state index is 12.8. The number of hydrogen-bond acceptors (Lipinski definition) is 7. The number of methoxy groups -OCH3 is 1. The van der Waals surface area contributed by atoms with Crippen molar-refractivity contribution in [1.29, 1.82) is 0 Å². The van der Waals surface area contributed by atoms with Crippen molar-refractivity contribution >= 4 is 11.8 Å². The van der Waals surface area contributed by atoms with Crippen LogP contribution in [0.5, 0.6) is 5.75 Å². The number of amides is 2. The van der Waals surface area contributed by atoms with Gasteiger partial charge in [-0.05, 0) is 26.2 Å². The molecule has 1 aromatic carbocycles. The van der Waals surface area contributed by atoms with Gasteiger partial charge in [-0.15, -0.1) is 0 Å². The van der Waals surface area contributed by atoms with Gasteiger partial charge in [0, 0.05) is 19.3 Å². The van der Waals surface area contributed by atoms with E-state index >= 15 is 0 Å². The fourth-order valence-electron chi connectivity index (χ4n) is 3.91. The number of likely N-dealkylation sites (N-methyl/N-ethyl adjacent to an activating group) is 1. The lowest BCUT2D eigenvalue weighted by Gasteiger charge is -2.20. The Morgan fingerprint density at radius 3 is 2.53 bits per heavy atom. The van der Waals surface area contributed by atoms with E-state index in [1.54, 1.807) is 22.9 Å². The van der Waals surface area contributed by atoms with Crippen LogP contribution in [0.1, 0.15) is 10.4 Å². The van der Waals surface area contributed by atoms with Crippen LogP contribution in [0.25, 0.3) is 5.69 Å². The average molecular weight is 444 g/mol. The quantitative estimate of drug-likeness (QED) is 0.680. The van der Waals surface area contributed by atoms with Crippen LogP contribution in [0, 0.1) is 0 Å². The van der Waals surface area contributed by atoms with Gasteiger partial charge in [0.2, 0.25) is 5.91 Å². The van der Waals surface area contributed by atoms with E-state index in [4.69, 9.17) is 14.2 Å². The van der Waals surface area contributed by atoms with Crippen molar-refractivity contribution in [2.24, 2.45) is 0 Å². The number of aromatic nitrogens is 2. The fraction of sp³-hybridized carbons (Fsp3) is 0.500. The van der Waals surface area contributed by atoms with Gasteiger partial charge in [-0.25, -0.2) is 4.68 Å². The van der Waals surface area contributed by atoms with Gasteiger partial charge in [0.15, 0.2) is 0 Å². The molecule has 0 aliphatic carbocycles. The standard InChI is InChI=1S/C22H29N5O5/c1-25(2)12-21(28)26-10-19-20(11-26)32-14-16(13-31-19)24-22(29)15-8-23-27(9-15)17-6-4-5-7-18(17)30-3/h4-9,16,19-20H,10-14H2,1-3H3,(H,24,29)/t19-,20-/m0/s1. The molecule has 2 amide bonds. The molecular formula is C22H29N5O5. The van der Waals surface area contributed by atoms with Crippen molar-refractivity contribution in [1.82, 2.24) is 24.9 Å². The Hall–Kier alpha value is -2.95. The van der Waals surface area contributed by atoms with Crippen LogP contribution in [-0.4, -0.2) is 104 Å². The molecule has 2 aliphatic heterocycles. The van der Waals surface area contributed by atoms with Crippen molar-refractivity contribution in [3.63, 3.8) is 0 Å². The summed E-state index contributed by atoms with van der Waals surface area (Å²) in [5.74, 6) is 0.475. The summed E-state index contributed by atoms with van der Waals surface area (Å²) in [4.78, 5) is 28.7. The summed E-state index contributed by atoms with van der Waals surface area (Å²) in [6, 6.07) is 7.17. The SMILES string of the molecule is COc1ccccc1-n1cc(C(=O)NC2CO[C@H]3CN(C(=O)CN(C)C)C[C@@H]3OC2)cn1. The van der Waals surface area contributed by atoms with E-state index in [0.29, 0.717) is 44.2 Å². The minimum absolute atomic E-state index is 0.0622. The van der Waals surface area contributed by atoms with Crippen molar-refractivity contribution in [3.8, 4) is 11.4 Å². The van der Waals surface area contributed by atoms with Crippen LogP contribution in [-0.2, 0) is 14.3 Å². The van der Waals surface area contributed by atoms with Gasteiger partial charge in [-0.1, -0.05) is 12.1 Å². The van der Waals surface area contributed by atoms with Crippen LogP contribution in [0.2, 0.25) is 0 Å². The van der Waals surface area contributed by atoms with Gasteiger partial charge < -0.3 is 29.3 Å². The van der Waals surface area contributed by atoms with E-state index in [9.17, 15) is 9.59 Å². The Labute approximate surface area is 187 Å². The minimum atomic E-state index is -0.284. The Bertz CT molecular complexity index is 946. The van der Waals surface area contributed by atoms with E-state index in [-0.39, 0.29) is 30.1 Å². The van der Waals surface area contributed by atoms with Crippen molar-refractivity contribution < 1.29 is 23.8 Å². The number of likely N-dealkylation sites (tertiary alicyclic amines) is 1. The number of para-hydroxylation sites is 2. The summed E-state index contributed by atoms with van der Waals surface area (Å²) in [5, 5.41) is 7.25. The molecule has 1 aromatic heterocycles. The molecule has 10 heteroatoms. The molecule has 3 heterocycles. The van der Waals surface area contributed by atoms with Gasteiger partial charge in [-0.3, -0.25) is 9.59 Å². The van der Waals surface area contributed by atoms with Crippen LogP contribution in [0.4, 0.5) is 0 Å². The molecule has 0 bridgehead atoms. The highest BCUT2D eigenvalue weighted by Gasteiger charge is 2.39. The number of carbonyl (C=O) groups is 2. The van der Waals surface area contributed by atoms with Crippen LogP contribution in [0.15, 0.2) is 36.7 Å². The molecule has 1 N–H and O–H groups in total. The zero-order chi connectivity index (χ0) is 22.7. The third-order valence-electron chi connectivity index (χ3n) is 5.55. The molecule has 2 fully saturated rings. The van der Waals surface area contributed by atoms with E-state index in [0.717, 1.165) is 5.69 Å². The number of fused-ring (bicyclic) bond motifs is 1. The molecular weight excluding hydrogens is 414 g/mol. The van der Waals surface area contributed by atoms with Crippen LogP contribution < -0.4 is 10.1 Å². The van der Waals surface area contributed by atoms with Crippen LogP contribution in [0.3, 0.4) is 0 Å². The highest BCUT2D eigenvalue weighted by atomic mass is 16.6. The summed E-state index contributed by atoms with van der Waals surface area (Å²) in [6.07, 6.45) is 2.81. The lowest BCUT2D eigenvalue weighted by Crippen LogP contribution is -2.42. The molecule has 10 nitrogen and oxygen atoms in total. The first-order valence-corrected chi connectivity index (χ1v) is 10.6. The molecule has 172 valence electrons. The van der Waals surface area contributed by atoms with E-state index in [2.05, 4.69) is 10.4 Å². The first-order chi connectivity index (χ1) is 15.4. The summed E-state index contributed by atoms with van der Waals surface area (Å²) >= 11 is 0. The summed E-state index contributed by atoms with van der Waals surface area (Å²) in [6.45, 7) is 2.01. The molecule has 2 aromatic rings. The molecule has 0 unspecified atom stereocenters. The molecule has 0 spiro atoms. The Kier molecular flexibility index (Phi) is 6.73. The second-order valence-corrected chi connectivity index (χ2v) is 8.30. The zero-order valence-corrected chi connectivity index (χ0v) is 18.6. The highest BCUT2D eigenvalue weighted by Crippen LogP contribution is 2.22. The second kappa shape index (κ2) is 9.68. The lowest BCUT2D eigenvalue weighted by atomic mass is 10.2. The molecule has 4 rings (SSSR count). The van der Waals surface area contributed by atoms with Gasteiger partial charge in [0.05, 0.1) is 44.7 Å². The minimum Gasteiger partial charge on any atom is -0.494 e. The molecule has 32 heavy (non-hydrogen) atoms. The first kappa shape index (κ1) is 22.3. The second-order valence-electron chi connectivity index (χ2n) is 8.30. The van der Waals surface area contributed by atoms with E-state index in [1.807, 2.05) is 43.3 Å². The summed E-state index contributed by atoms with van der Waals surface area (Å²) in [7, 11) is 5.33. The van der Waals surface area contributed by atoms with Crippen LogP contribution >= 0.6 is 0 Å². The lowest BCUT2D eigenvalue weighted by molar-refractivity contribution is -0.131. The molecule has 0 saturated carbocycles. The highest BCUT2D eigenvalue weighted by molar-refractivity contribution is 5.94. The van der Waals surface area contributed by atoms with Gasteiger partial charge in [0.25, 0.3) is 5.91 Å². The number of benzene rings is 1. The Balaban J connectivity index is 1.32. The molecule has 2 atom stereocenters. The molecule has 2 aliphatic rings. The number of nitrogens with one attached hydrogen (secondary N) is 1. The normalized spacial score (nSPS) is 21.3. The largest absolute Gasteiger partial charge is 0.494 e. The molecule has 2 saturated heterocycles. The topological polar surface area (TPSA) is 98.2 Å². The maximum atomic E-state index is 12.8. The average Bonchev–Trinajstić information content (AvgIpc) is 3.39. The summed E-state index contributed by atoms with van der Waals surface area (Å²) < 4.78 is 18.9. The van der Waals surface area contributed by atoms with Crippen molar-refractivity contribution in [3.05, 3.63) is 42.2 Å². The number of ether oxygens (including phenoxy) is 3. The Morgan fingerprint density at radius 2 is 1.88 bits per heavy atom.